The molecule has 0 aromatic heterocycles. The van der Waals surface area contributed by atoms with Crippen LogP contribution in [0.4, 0.5) is 0 Å². The number of esters is 1. The maximum atomic E-state index is 12.5. The van der Waals surface area contributed by atoms with E-state index < -0.39 is 5.92 Å². The van der Waals surface area contributed by atoms with Crippen LogP contribution in [-0.4, -0.2) is 13.1 Å². The molecule has 0 spiro atoms. The highest BCUT2D eigenvalue weighted by Gasteiger charge is 2.23. The number of benzene rings is 3. The number of allylic oxidation sites excluding steroid dienone is 1. The van der Waals surface area contributed by atoms with Crippen molar-refractivity contribution in [2.75, 3.05) is 7.11 Å². The summed E-state index contributed by atoms with van der Waals surface area (Å²) < 4.78 is 17.1. The third-order valence-electron chi connectivity index (χ3n) is 4.84. The Balaban J connectivity index is 1.87. The number of hydrogen-bond acceptors (Lipinski definition) is 4. The van der Waals surface area contributed by atoms with Gasteiger partial charge in [-0.1, -0.05) is 66.2 Å². The zero-order chi connectivity index (χ0) is 22.1. The number of carbonyl (C=O) groups is 1. The van der Waals surface area contributed by atoms with Gasteiger partial charge in [0.05, 0.1) is 13.0 Å². The van der Waals surface area contributed by atoms with Gasteiger partial charge in [-0.05, 0) is 42.2 Å². The molecule has 1 unspecified atom stereocenters. The SMILES string of the molecule is C=C(C)CC(C(=O)OC)c1cc(OCc2ccccc2)cc(OCc2ccccc2)c1. The van der Waals surface area contributed by atoms with Gasteiger partial charge in [0.2, 0.25) is 0 Å². The number of carbonyl (C=O) groups excluding carboxylic acids is 1. The molecular formula is C27H28O4. The van der Waals surface area contributed by atoms with Crippen LogP contribution in [0.1, 0.15) is 36.0 Å². The second-order valence-electron chi connectivity index (χ2n) is 7.52. The standard InChI is InChI=1S/C27H28O4/c1-20(2)14-26(27(28)29-3)23-15-24(30-18-21-10-6-4-7-11-21)17-25(16-23)31-19-22-12-8-5-9-13-22/h4-13,15-17,26H,1,14,18-19H2,2-3H3. The highest BCUT2D eigenvalue weighted by molar-refractivity contribution is 5.78. The predicted molar refractivity (Wildman–Crippen MR) is 122 cm³/mol. The van der Waals surface area contributed by atoms with Crippen molar-refractivity contribution in [3.05, 3.63) is 108 Å². The minimum Gasteiger partial charge on any atom is -0.489 e. The van der Waals surface area contributed by atoms with Crippen LogP contribution in [0.5, 0.6) is 11.5 Å². The average molecular weight is 417 g/mol. The van der Waals surface area contributed by atoms with E-state index in [9.17, 15) is 4.79 Å². The zero-order valence-corrected chi connectivity index (χ0v) is 18.0. The molecule has 0 aliphatic rings. The van der Waals surface area contributed by atoms with Crippen molar-refractivity contribution >= 4 is 5.97 Å². The minimum absolute atomic E-state index is 0.308. The zero-order valence-electron chi connectivity index (χ0n) is 18.0. The molecule has 0 saturated carbocycles. The third-order valence-corrected chi connectivity index (χ3v) is 4.84. The van der Waals surface area contributed by atoms with E-state index in [1.54, 1.807) is 0 Å². The highest BCUT2D eigenvalue weighted by Crippen LogP contribution is 2.32. The Morgan fingerprint density at radius 1 is 0.839 bits per heavy atom. The summed E-state index contributed by atoms with van der Waals surface area (Å²) in [4.78, 5) is 12.5. The molecule has 4 heteroatoms. The first kappa shape index (κ1) is 22.2. The maximum absolute atomic E-state index is 12.5. The van der Waals surface area contributed by atoms with E-state index in [0.29, 0.717) is 31.1 Å². The molecule has 0 amide bonds. The molecule has 160 valence electrons. The van der Waals surface area contributed by atoms with E-state index in [1.165, 1.54) is 7.11 Å². The summed E-state index contributed by atoms with van der Waals surface area (Å²) >= 11 is 0. The Kier molecular flexibility index (Phi) is 7.88. The largest absolute Gasteiger partial charge is 0.489 e. The van der Waals surface area contributed by atoms with E-state index in [-0.39, 0.29) is 5.97 Å². The van der Waals surface area contributed by atoms with Crippen molar-refractivity contribution in [1.29, 1.82) is 0 Å². The van der Waals surface area contributed by atoms with Crippen LogP contribution in [-0.2, 0) is 22.7 Å². The number of rotatable bonds is 10. The second-order valence-corrected chi connectivity index (χ2v) is 7.52. The predicted octanol–water partition coefficient (Wildman–Crippen LogP) is 6.07. The van der Waals surface area contributed by atoms with E-state index in [4.69, 9.17) is 14.2 Å². The molecule has 31 heavy (non-hydrogen) atoms. The van der Waals surface area contributed by atoms with Gasteiger partial charge in [0.25, 0.3) is 0 Å². The minimum atomic E-state index is -0.471. The molecule has 0 aliphatic heterocycles. The smallest absolute Gasteiger partial charge is 0.313 e. The van der Waals surface area contributed by atoms with Crippen molar-refractivity contribution in [2.24, 2.45) is 0 Å². The quantitative estimate of drug-likeness (QED) is 0.297. The topological polar surface area (TPSA) is 44.8 Å². The van der Waals surface area contributed by atoms with E-state index >= 15 is 0 Å². The lowest BCUT2D eigenvalue weighted by atomic mass is 9.92. The molecule has 0 heterocycles. The van der Waals surface area contributed by atoms with Crippen LogP contribution >= 0.6 is 0 Å². The van der Waals surface area contributed by atoms with Crippen molar-refractivity contribution in [2.45, 2.75) is 32.5 Å². The Morgan fingerprint density at radius 2 is 1.32 bits per heavy atom. The second kappa shape index (κ2) is 11.0. The fraction of sp³-hybridized carbons (Fsp3) is 0.222. The van der Waals surface area contributed by atoms with Gasteiger partial charge in [-0.3, -0.25) is 4.79 Å². The monoisotopic (exact) mass is 416 g/mol. The first-order chi connectivity index (χ1) is 15.0. The van der Waals surface area contributed by atoms with Crippen molar-refractivity contribution in [3.8, 4) is 11.5 Å². The molecule has 0 aliphatic carbocycles. The maximum Gasteiger partial charge on any atom is 0.313 e. The Labute approximate surface area is 184 Å². The third kappa shape index (κ3) is 6.75. The number of methoxy groups -OCH3 is 1. The van der Waals surface area contributed by atoms with Crippen LogP contribution in [0.3, 0.4) is 0 Å². The molecule has 3 aromatic carbocycles. The van der Waals surface area contributed by atoms with Crippen LogP contribution in [0, 0.1) is 0 Å². The summed E-state index contributed by atoms with van der Waals surface area (Å²) in [6, 6.07) is 25.5. The van der Waals surface area contributed by atoms with Gasteiger partial charge in [0.15, 0.2) is 0 Å². The van der Waals surface area contributed by atoms with Gasteiger partial charge >= 0.3 is 5.97 Å². The van der Waals surface area contributed by atoms with Crippen LogP contribution < -0.4 is 9.47 Å². The molecule has 0 fully saturated rings. The van der Waals surface area contributed by atoms with Crippen LogP contribution in [0.15, 0.2) is 91.0 Å². The van der Waals surface area contributed by atoms with Gasteiger partial charge in [-0.15, -0.1) is 6.58 Å². The molecule has 3 rings (SSSR count). The molecular weight excluding hydrogens is 388 g/mol. The average Bonchev–Trinajstić information content (AvgIpc) is 2.80. The fourth-order valence-electron chi connectivity index (χ4n) is 3.27. The molecule has 4 nitrogen and oxygen atoms in total. The Morgan fingerprint density at radius 3 is 1.74 bits per heavy atom. The van der Waals surface area contributed by atoms with Gasteiger partial charge in [0.1, 0.15) is 24.7 Å². The Hall–Kier alpha value is -3.53. The van der Waals surface area contributed by atoms with Gasteiger partial charge < -0.3 is 14.2 Å². The van der Waals surface area contributed by atoms with Crippen LogP contribution in [0.2, 0.25) is 0 Å². The molecule has 0 bridgehead atoms. The number of hydrogen-bond donors (Lipinski definition) is 0. The summed E-state index contributed by atoms with van der Waals surface area (Å²) in [5, 5.41) is 0. The lowest BCUT2D eigenvalue weighted by Gasteiger charge is -2.18. The Bertz CT molecular complexity index is 935. The van der Waals surface area contributed by atoms with E-state index in [0.717, 1.165) is 22.3 Å². The van der Waals surface area contributed by atoms with Gasteiger partial charge in [-0.2, -0.15) is 0 Å². The molecule has 0 N–H and O–H groups in total. The molecule has 3 aromatic rings. The summed E-state index contributed by atoms with van der Waals surface area (Å²) in [7, 11) is 1.40. The summed E-state index contributed by atoms with van der Waals surface area (Å²) in [5.74, 6) is 0.499. The molecule has 0 saturated heterocycles. The lowest BCUT2D eigenvalue weighted by Crippen LogP contribution is -2.15. The first-order valence-electron chi connectivity index (χ1n) is 10.3. The molecule has 1 atom stereocenters. The van der Waals surface area contributed by atoms with Crippen molar-refractivity contribution in [3.63, 3.8) is 0 Å². The summed E-state index contributed by atoms with van der Waals surface area (Å²) in [5.41, 5.74) is 3.80. The number of ether oxygens (including phenoxy) is 3. The van der Waals surface area contributed by atoms with Crippen LogP contribution in [0.25, 0.3) is 0 Å². The summed E-state index contributed by atoms with van der Waals surface area (Å²) in [6.07, 6.45) is 0.493. The van der Waals surface area contributed by atoms with Gasteiger partial charge in [0, 0.05) is 6.07 Å². The van der Waals surface area contributed by atoms with Crippen molar-refractivity contribution in [1.82, 2.24) is 0 Å². The van der Waals surface area contributed by atoms with E-state index in [2.05, 4.69) is 6.58 Å². The van der Waals surface area contributed by atoms with Gasteiger partial charge in [-0.25, -0.2) is 0 Å². The first-order valence-corrected chi connectivity index (χ1v) is 10.3. The lowest BCUT2D eigenvalue weighted by molar-refractivity contribution is -0.142. The molecule has 0 radical (unpaired) electrons. The van der Waals surface area contributed by atoms with Crippen molar-refractivity contribution < 1.29 is 19.0 Å². The summed E-state index contributed by atoms with van der Waals surface area (Å²) in [6.45, 7) is 6.71. The fourth-order valence-corrected chi connectivity index (χ4v) is 3.27. The van der Waals surface area contributed by atoms with E-state index in [1.807, 2.05) is 85.8 Å². The normalized spacial score (nSPS) is 11.4. The highest BCUT2D eigenvalue weighted by atomic mass is 16.5.